The van der Waals surface area contributed by atoms with E-state index in [-0.39, 0.29) is 21.6 Å². The minimum Gasteiger partial charge on any atom is -0.476 e. The number of carbonyl (C=O) groups is 1. The van der Waals surface area contributed by atoms with Gasteiger partial charge in [-0.2, -0.15) is 0 Å². The molecule has 2 aromatic heterocycles. The molecule has 134 valence electrons. The summed E-state index contributed by atoms with van der Waals surface area (Å²) in [6, 6.07) is 3.14. The quantitative estimate of drug-likeness (QED) is 0.694. The Morgan fingerprint density at radius 3 is 2.84 bits per heavy atom. The summed E-state index contributed by atoms with van der Waals surface area (Å²) in [4.78, 5) is 20.8. The number of piperidine rings is 1. The smallest absolute Gasteiger partial charge is 0.357 e. The van der Waals surface area contributed by atoms with E-state index in [2.05, 4.69) is 14.7 Å². The van der Waals surface area contributed by atoms with Crippen molar-refractivity contribution in [2.24, 2.45) is 5.73 Å². The molecule has 4 N–H and O–H groups in total. The second kappa shape index (κ2) is 6.94. The number of hydrogen-bond donors (Lipinski definition) is 3. The molecule has 0 aromatic carbocycles. The first-order valence-electron chi connectivity index (χ1n) is 7.53. The van der Waals surface area contributed by atoms with Crippen molar-refractivity contribution < 1.29 is 18.3 Å². The Labute approximate surface area is 148 Å². The molecule has 1 atom stereocenters. The second-order valence-electron chi connectivity index (χ2n) is 5.64. The summed E-state index contributed by atoms with van der Waals surface area (Å²) in [5.41, 5.74) is 6.88. The number of carboxylic acids is 1. The summed E-state index contributed by atoms with van der Waals surface area (Å²) in [5, 5.41) is 8.96. The van der Waals surface area contributed by atoms with Crippen LogP contribution in [0, 0.1) is 0 Å². The fraction of sp³-hybridized carbons (Fsp3) is 0.357. The van der Waals surface area contributed by atoms with Crippen LogP contribution in [-0.4, -0.2) is 48.6 Å². The SMILES string of the molecule is NC1CCCN(c2ccc(S(=O)(=O)Nc3scnc3C(=O)O)cn2)C1. The Morgan fingerprint density at radius 2 is 2.20 bits per heavy atom. The highest BCUT2D eigenvalue weighted by Gasteiger charge is 2.22. The zero-order valence-electron chi connectivity index (χ0n) is 13.1. The lowest BCUT2D eigenvalue weighted by Gasteiger charge is -2.31. The lowest BCUT2D eigenvalue weighted by molar-refractivity contribution is 0.0692. The first-order chi connectivity index (χ1) is 11.9. The number of aromatic carboxylic acids is 1. The van der Waals surface area contributed by atoms with Gasteiger partial charge in [0.2, 0.25) is 0 Å². The van der Waals surface area contributed by atoms with Crippen molar-refractivity contribution in [3.05, 3.63) is 29.5 Å². The summed E-state index contributed by atoms with van der Waals surface area (Å²) in [5.74, 6) is -0.632. The van der Waals surface area contributed by atoms with Crippen LogP contribution in [0.5, 0.6) is 0 Å². The van der Waals surface area contributed by atoms with Crippen molar-refractivity contribution in [3.63, 3.8) is 0 Å². The summed E-state index contributed by atoms with van der Waals surface area (Å²) >= 11 is 0.901. The molecule has 3 heterocycles. The van der Waals surface area contributed by atoms with Gasteiger partial charge in [0.15, 0.2) is 5.69 Å². The van der Waals surface area contributed by atoms with E-state index in [1.54, 1.807) is 6.07 Å². The number of carboxylic acid groups (broad SMARTS) is 1. The third kappa shape index (κ3) is 3.89. The molecule has 9 nitrogen and oxygen atoms in total. The molecule has 1 saturated heterocycles. The van der Waals surface area contributed by atoms with Crippen LogP contribution >= 0.6 is 11.3 Å². The van der Waals surface area contributed by atoms with Gasteiger partial charge >= 0.3 is 5.97 Å². The molecule has 0 spiro atoms. The number of nitrogens with two attached hydrogens (primary N) is 1. The topological polar surface area (TPSA) is 139 Å². The predicted octanol–water partition coefficient (Wildman–Crippen LogP) is 0.965. The number of aromatic nitrogens is 2. The van der Waals surface area contributed by atoms with Crippen LogP contribution in [0.2, 0.25) is 0 Å². The van der Waals surface area contributed by atoms with Crippen LogP contribution in [0.25, 0.3) is 0 Å². The summed E-state index contributed by atoms with van der Waals surface area (Å²) in [7, 11) is -3.95. The highest BCUT2D eigenvalue weighted by Crippen LogP contribution is 2.25. The van der Waals surface area contributed by atoms with Crippen molar-refractivity contribution in [3.8, 4) is 0 Å². The molecule has 11 heteroatoms. The van der Waals surface area contributed by atoms with E-state index in [1.807, 2.05) is 4.90 Å². The van der Waals surface area contributed by atoms with Gasteiger partial charge in [-0.25, -0.2) is 23.2 Å². The monoisotopic (exact) mass is 383 g/mol. The highest BCUT2D eigenvalue weighted by molar-refractivity contribution is 7.93. The number of sulfonamides is 1. The van der Waals surface area contributed by atoms with Crippen LogP contribution in [0.3, 0.4) is 0 Å². The number of anilines is 2. The maximum atomic E-state index is 12.4. The molecule has 2 aromatic rings. The van der Waals surface area contributed by atoms with Gasteiger partial charge in [-0.05, 0) is 25.0 Å². The number of hydrogen-bond acceptors (Lipinski definition) is 8. The number of thiazole rings is 1. The van der Waals surface area contributed by atoms with Crippen LogP contribution < -0.4 is 15.4 Å². The molecule has 3 rings (SSSR count). The molecule has 1 aliphatic heterocycles. The standard InChI is InChI=1S/C14H17N5O4S2/c15-9-2-1-5-19(7-9)11-4-3-10(6-16-11)25(22,23)18-13-12(14(20)21)17-8-24-13/h3-4,6,8-9,18H,1-2,5,7,15H2,(H,20,21). The van der Waals surface area contributed by atoms with Crippen LogP contribution in [-0.2, 0) is 10.0 Å². The van der Waals surface area contributed by atoms with E-state index in [0.29, 0.717) is 12.4 Å². The van der Waals surface area contributed by atoms with Gasteiger partial charge in [0.05, 0.1) is 5.51 Å². The van der Waals surface area contributed by atoms with E-state index < -0.39 is 16.0 Å². The molecule has 1 fully saturated rings. The average Bonchev–Trinajstić information content (AvgIpc) is 3.02. The van der Waals surface area contributed by atoms with Gasteiger partial charge in [0.1, 0.15) is 15.7 Å². The lowest BCUT2D eigenvalue weighted by Crippen LogP contribution is -2.43. The molecular formula is C14H17N5O4S2. The van der Waals surface area contributed by atoms with E-state index in [4.69, 9.17) is 10.8 Å². The molecule has 0 bridgehead atoms. The summed E-state index contributed by atoms with van der Waals surface area (Å²) in [6.07, 6.45) is 3.18. The molecule has 0 radical (unpaired) electrons. The van der Waals surface area contributed by atoms with Crippen molar-refractivity contribution in [2.45, 2.75) is 23.8 Å². The first kappa shape index (κ1) is 17.6. The predicted molar refractivity (Wildman–Crippen MR) is 93.5 cm³/mol. The minimum absolute atomic E-state index is 0.0430. The molecule has 0 aliphatic carbocycles. The maximum absolute atomic E-state index is 12.4. The third-order valence-electron chi connectivity index (χ3n) is 3.81. The van der Waals surface area contributed by atoms with Crippen LogP contribution in [0.15, 0.2) is 28.7 Å². The van der Waals surface area contributed by atoms with Crippen molar-refractivity contribution >= 4 is 38.1 Å². The Hall–Kier alpha value is -2.24. The van der Waals surface area contributed by atoms with Crippen molar-refractivity contribution in [2.75, 3.05) is 22.7 Å². The van der Waals surface area contributed by atoms with E-state index in [0.717, 1.165) is 30.7 Å². The zero-order chi connectivity index (χ0) is 18.0. The number of rotatable bonds is 5. The summed E-state index contributed by atoms with van der Waals surface area (Å²) in [6.45, 7) is 1.51. The molecule has 1 aliphatic rings. The fourth-order valence-electron chi connectivity index (χ4n) is 2.59. The summed E-state index contributed by atoms with van der Waals surface area (Å²) < 4.78 is 27.1. The fourth-order valence-corrected chi connectivity index (χ4v) is 4.52. The molecule has 0 saturated carbocycles. The molecule has 25 heavy (non-hydrogen) atoms. The number of nitrogens with zero attached hydrogens (tertiary/aromatic N) is 3. The van der Waals surface area contributed by atoms with Crippen LogP contribution in [0.1, 0.15) is 23.3 Å². The zero-order valence-corrected chi connectivity index (χ0v) is 14.8. The van der Waals surface area contributed by atoms with E-state index in [1.165, 1.54) is 17.8 Å². The van der Waals surface area contributed by atoms with Gasteiger partial charge in [0.25, 0.3) is 10.0 Å². The Balaban J connectivity index is 1.78. The average molecular weight is 383 g/mol. The Kier molecular flexibility index (Phi) is 4.88. The molecule has 0 amide bonds. The van der Waals surface area contributed by atoms with Gasteiger partial charge in [-0.15, -0.1) is 11.3 Å². The van der Waals surface area contributed by atoms with Gasteiger partial charge in [0, 0.05) is 25.3 Å². The van der Waals surface area contributed by atoms with Gasteiger partial charge < -0.3 is 15.7 Å². The lowest BCUT2D eigenvalue weighted by atomic mass is 10.1. The first-order valence-corrected chi connectivity index (χ1v) is 9.89. The number of pyridine rings is 1. The van der Waals surface area contributed by atoms with Gasteiger partial charge in [-0.3, -0.25) is 4.72 Å². The second-order valence-corrected chi connectivity index (χ2v) is 8.18. The minimum atomic E-state index is -3.95. The largest absolute Gasteiger partial charge is 0.476 e. The van der Waals surface area contributed by atoms with Gasteiger partial charge in [-0.1, -0.05) is 0 Å². The van der Waals surface area contributed by atoms with E-state index >= 15 is 0 Å². The Morgan fingerprint density at radius 1 is 1.40 bits per heavy atom. The molecular weight excluding hydrogens is 366 g/mol. The Bertz CT molecular complexity index is 866. The van der Waals surface area contributed by atoms with Crippen LogP contribution in [0.4, 0.5) is 10.8 Å². The third-order valence-corrected chi connectivity index (χ3v) is 6.02. The highest BCUT2D eigenvalue weighted by atomic mass is 32.2. The normalized spacial score (nSPS) is 18.1. The molecule has 1 unspecified atom stereocenters. The maximum Gasteiger partial charge on any atom is 0.357 e. The van der Waals surface area contributed by atoms with E-state index in [9.17, 15) is 13.2 Å². The van der Waals surface area contributed by atoms with Crippen molar-refractivity contribution in [1.29, 1.82) is 0 Å². The number of nitrogens with one attached hydrogen (secondary N) is 1. The van der Waals surface area contributed by atoms with Crippen molar-refractivity contribution in [1.82, 2.24) is 9.97 Å².